The Morgan fingerprint density at radius 2 is 1.83 bits per heavy atom. The lowest BCUT2D eigenvalue weighted by Crippen LogP contribution is -2.68. The molecule has 1 amide bonds. The van der Waals surface area contributed by atoms with Gasteiger partial charge in [-0.1, -0.05) is 6.42 Å². The number of hydrogen-bond acceptors (Lipinski definition) is 9. The number of nitrogens with zero attached hydrogens (tertiary/aromatic N) is 3. The Hall–Kier alpha value is -0.850. The molecule has 0 bridgehead atoms. The highest BCUT2D eigenvalue weighted by atomic mass is 16.5. The molecule has 2 saturated carbocycles. The Kier molecular flexibility index (Phi) is 7.58. The number of carbonyl (C=O) groups excluding carboxylic acids is 1. The molecular formula is C26H48N8O2. The monoisotopic (exact) mass is 504 g/mol. The second-order valence-corrected chi connectivity index (χ2v) is 12.7. The van der Waals surface area contributed by atoms with E-state index in [9.17, 15) is 4.79 Å². The summed E-state index contributed by atoms with van der Waals surface area (Å²) in [5, 5.41) is 11.1. The Bertz CT molecular complexity index is 769. The van der Waals surface area contributed by atoms with Crippen LogP contribution in [0.4, 0.5) is 0 Å². The van der Waals surface area contributed by atoms with Gasteiger partial charge in [-0.15, -0.1) is 0 Å². The number of hydrogen-bond donors (Lipinski definition) is 5. The van der Waals surface area contributed by atoms with Gasteiger partial charge in [0.25, 0.3) is 0 Å². The first-order chi connectivity index (χ1) is 17.5. The maximum Gasteiger partial charge on any atom is 0.237 e. The maximum atomic E-state index is 13.6. The van der Waals surface area contributed by atoms with Crippen LogP contribution < -0.4 is 26.8 Å². The van der Waals surface area contributed by atoms with Crippen molar-refractivity contribution in [1.29, 1.82) is 0 Å². The zero-order valence-corrected chi connectivity index (χ0v) is 22.3. The summed E-state index contributed by atoms with van der Waals surface area (Å²) in [6, 6.07) is 0.171. The molecule has 4 saturated heterocycles. The molecule has 4 aliphatic heterocycles. The number of piperazine rings is 1. The molecule has 6 atom stereocenters. The summed E-state index contributed by atoms with van der Waals surface area (Å²) in [4.78, 5) is 20.9. The Balaban J connectivity index is 1.06. The van der Waals surface area contributed by atoms with Gasteiger partial charge >= 0.3 is 0 Å². The molecule has 10 nitrogen and oxygen atoms in total. The molecule has 6 aliphatic rings. The third-order valence-corrected chi connectivity index (χ3v) is 9.99. The number of hydrazine groups is 1. The highest BCUT2D eigenvalue weighted by molar-refractivity contribution is 5.82. The second-order valence-electron chi connectivity index (χ2n) is 12.7. The largest absolute Gasteiger partial charge is 0.380 e. The van der Waals surface area contributed by atoms with Crippen LogP contribution in [0.1, 0.15) is 51.4 Å². The first-order valence-corrected chi connectivity index (χ1v) is 14.5. The van der Waals surface area contributed by atoms with Crippen LogP contribution in [0.5, 0.6) is 0 Å². The Morgan fingerprint density at radius 3 is 2.50 bits per heavy atom. The van der Waals surface area contributed by atoms with Crippen molar-refractivity contribution in [3.05, 3.63) is 0 Å². The fourth-order valence-electron chi connectivity index (χ4n) is 7.27. The van der Waals surface area contributed by atoms with E-state index in [2.05, 4.69) is 55.6 Å². The van der Waals surface area contributed by atoms with Gasteiger partial charge in [-0.25, -0.2) is 10.9 Å². The average molecular weight is 505 g/mol. The van der Waals surface area contributed by atoms with Gasteiger partial charge in [0.05, 0.1) is 44.4 Å². The van der Waals surface area contributed by atoms with Gasteiger partial charge in [-0.3, -0.25) is 25.2 Å². The van der Waals surface area contributed by atoms with E-state index in [1.54, 1.807) is 0 Å². The summed E-state index contributed by atoms with van der Waals surface area (Å²) in [7, 11) is 4.37. The third-order valence-electron chi connectivity index (χ3n) is 9.99. The molecule has 0 aromatic carbocycles. The summed E-state index contributed by atoms with van der Waals surface area (Å²) in [6.07, 6.45) is 10.0. The van der Waals surface area contributed by atoms with Crippen molar-refractivity contribution in [2.24, 2.45) is 17.3 Å². The molecule has 6 unspecified atom stereocenters. The van der Waals surface area contributed by atoms with E-state index in [1.165, 1.54) is 25.7 Å². The Morgan fingerprint density at radius 1 is 1.03 bits per heavy atom. The van der Waals surface area contributed by atoms with Gasteiger partial charge in [-0.05, 0) is 64.5 Å². The van der Waals surface area contributed by atoms with Gasteiger partial charge in [0.2, 0.25) is 5.91 Å². The molecule has 2 aliphatic carbocycles. The molecule has 36 heavy (non-hydrogen) atoms. The van der Waals surface area contributed by atoms with Crippen LogP contribution in [0, 0.1) is 17.3 Å². The minimum Gasteiger partial charge on any atom is -0.380 e. The van der Waals surface area contributed by atoms with Crippen LogP contribution >= 0.6 is 0 Å². The normalized spacial score (nSPS) is 40.6. The lowest BCUT2D eigenvalue weighted by molar-refractivity contribution is -0.166. The first kappa shape index (κ1) is 25.4. The van der Waals surface area contributed by atoms with Crippen molar-refractivity contribution in [3.63, 3.8) is 0 Å². The van der Waals surface area contributed by atoms with E-state index >= 15 is 0 Å². The minimum atomic E-state index is -0.106. The maximum absolute atomic E-state index is 13.6. The van der Waals surface area contributed by atoms with Crippen molar-refractivity contribution in [3.8, 4) is 0 Å². The van der Waals surface area contributed by atoms with E-state index in [1.807, 2.05) is 0 Å². The summed E-state index contributed by atoms with van der Waals surface area (Å²) < 4.78 is 5.79. The van der Waals surface area contributed by atoms with Crippen LogP contribution in [-0.4, -0.2) is 111 Å². The first-order valence-electron chi connectivity index (χ1n) is 14.5. The number of nitrogens with one attached hydrogen (secondary N) is 5. The lowest BCUT2D eigenvalue weighted by Gasteiger charge is -2.51. The van der Waals surface area contributed by atoms with Crippen LogP contribution in [0.15, 0.2) is 0 Å². The van der Waals surface area contributed by atoms with Crippen molar-refractivity contribution >= 4 is 5.91 Å². The second kappa shape index (κ2) is 10.7. The summed E-state index contributed by atoms with van der Waals surface area (Å²) in [6.45, 7) is 6.96. The van der Waals surface area contributed by atoms with E-state index in [0.29, 0.717) is 24.2 Å². The SMILES string of the molecule is CN1CCN(C2CC(C(=O)NC3CCCC(C4(CC5NNCN5C)COC4)C3)NC(C3CC3)N2)CC1. The molecule has 6 rings (SSSR count). The molecule has 4 heterocycles. The molecule has 5 N–H and O–H groups in total. The molecule has 0 aromatic heterocycles. The smallest absolute Gasteiger partial charge is 0.237 e. The Labute approximate surface area is 216 Å². The van der Waals surface area contributed by atoms with Crippen LogP contribution in [0.25, 0.3) is 0 Å². The van der Waals surface area contributed by atoms with E-state index in [4.69, 9.17) is 4.74 Å². The number of carbonyl (C=O) groups is 1. The average Bonchev–Trinajstić information content (AvgIpc) is 3.64. The minimum absolute atomic E-state index is 0.106. The zero-order chi connectivity index (χ0) is 24.7. The summed E-state index contributed by atoms with van der Waals surface area (Å²) >= 11 is 0. The number of amides is 1. The highest BCUT2D eigenvalue weighted by Gasteiger charge is 2.49. The van der Waals surface area contributed by atoms with Crippen LogP contribution in [0.2, 0.25) is 0 Å². The molecule has 0 radical (unpaired) electrons. The van der Waals surface area contributed by atoms with E-state index in [-0.39, 0.29) is 29.6 Å². The number of likely N-dealkylation sites (N-methyl/N-ethyl adjacent to an activating group) is 1. The van der Waals surface area contributed by atoms with Crippen molar-refractivity contribution in [2.75, 3.05) is 60.2 Å². The van der Waals surface area contributed by atoms with Crippen molar-refractivity contribution in [2.45, 2.75) is 81.9 Å². The van der Waals surface area contributed by atoms with Gasteiger partial charge < -0.3 is 15.0 Å². The highest BCUT2D eigenvalue weighted by Crippen LogP contribution is 2.47. The molecule has 6 fully saturated rings. The van der Waals surface area contributed by atoms with Crippen molar-refractivity contribution < 1.29 is 9.53 Å². The fraction of sp³-hybridized carbons (Fsp3) is 0.962. The molecule has 204 valence electrons. The number of rotatable bonds is 7. The third kappa shape index (κ3) is 5.47. The van der Waals surface area contributed by atoms with Gasteiger partial charge in [0, 0.05) is 44.1 Å². The van der Waals surface area contributed by atoms with Crippen LogP contribution in [-0.2, 0) is 9.53 Å². The van der Waals surface area contributed by atoms with Gasteiger partial charge in [0.15, 0.2) is 0 Å². The molecule has 0 aromatic rings. The predicted octanol–water partition coefficient (Wildman–Crippen LogP) is -0.348. The zero-order valence-electron chi connectivity index (χ0n) is 22.3. The van der Waals surface area contributed by atoms with Crippen molar-refractivity contribution in [1.82, 2.24) is 41.5 Å². The van der Waals surface area contributed by atoms with Gasteiger partial charge in [-0.2, -0.15) is 0 Å². The number of ether oxygens (including phenoxy) is 1. The van der Waals surface area contributed by atoms with Gasteiger partial charge in [0.1, 0.15) is 0 Å². The molecular weight excluding hydrogens is 456 g/mol. The lowest BCUT2D eigenvalue weighted by atomic mass is 9.64. The van der Waals surface area contributed by atoms with Crippen LogP contribution in [0.3, 0.4) is 0 Å². The van der Waals surface area contributed by atoms with E-state index < -0.39 is 0 Å². The van der Waals surface area contributed by atoms with E-state index in [0.717, 1.165) is 71.7 Å². The molecule has 10 heteroatoms. The summed E-state index contributed by atoms with van der Waals surface area (Å²) in [5.74, 6) is 1.50. The predicted molar refractivity (Wildman–Crippen MR) is 138 cm³/mol. The topological polar surface area (TPSA) is 96.2 Å². The summed E-state index contributed by atoms with van der Waals surface area (Å²) in [5.41, 5.74) is 6.94. The standard InChI is InChI=1S/C26H48N8O2/c1-32-8-10-34(11-9-32)22-13-21(29-24(30-22)18-6-7-18)25(35)28-20-5-3-4-19(12-20)26(15-36-16-26)14-23-31-27-17-33(23)2/h18-24,27,29-31H,3-17H2,1-2H3,(H,28,35). The fourth-order valence-corrected chi connectivity index (χ4v) is 7.27. The quantitative estimate of drug-likeness (QED) is 0.319. The molecule has 0 spiro atoms.